The zero-order chi connectivity index (χ0) is 12.8. The zero-order valence-corrected chi connectivity index (χ0v) is 10.3. The second-order valence-corrected chi connectivity index (χ2v) is 3.95. The van der Waals surface area contributed by atoms with Crippen molar-refractivity contribution in [3.63, 3.8) is 0 Å². The number of rotatable bonds is 6. The van der Waals surface area contributed by atoms with Gasteiger partial charge in [-0.15, -0.1) is 0 Å². The summed E-state index contributed by atoms with van der Waals surface area (Å²) in [5, 5.41) is 24.8. The number of aliphatic hydroxyl groups excluding tert-OH is 2. The van der Waals surface area contributed by atoms with E-state index in [1.165, 1.54) is 6.20 Å². The van der Waals surface area contributed by atoms with Crippen LogP contribution in [0.4, 0.5) is 5.69 Å². The Bertz CT molecular complexity index is 422. The lowest BCUT2D eigenvalue weighted by Gasteiger charge is -2.12. The van der Waals surface area contributed by atoms with E-state index in [4.69, 9.17) is 16.7 Å². The maximum absolute atomic E-state index is 11.6. The number of nitrogens with one attached hydrogen (secondary N) is 1. The molecule has 0 saturated heterocycles. The first-order valence-corrected chi connectivity index (χ1v) is 5.76. The fourth-order valence-electron chi connectivity index (χ4n) is 1.21. The molecule has 1 heterocycles. The summed E-state index contributed by atoms with van der Waals surface area (Å²) in [6.07, 6.45) is 1.52. The van der Waals surface area contributed by atoms with E-state index in [0.29, 0.717) is 18.7 Å². The van der Waals surface area contributed by atoms with Crippen LogP contribution in [-0.2, 0) is 6.54 Å². The van der Waals surface area contributed by atoms with Crippen molar-refractivity contribution in [2.24, 2.45) is 0 Å². The molecule has 0 aliphatic rings. The van der Waals surface area contributed by atoms with Crippen LogP contribution in [0, 0.1) is 0 Å². The van der Waals surface area contributed by atoms with E-state index < -0.39 is 11.7 Å². The smallest absolute Gasteiger partial charge is 0.287 e. The van der Waals surface area contributed by atoms with Gasteiger partial charge in [0.2, 0.25) is 0 Å². The number of aromatic nitrogens is 2. The molecule has 1 unspecified atom stereocenters. The highest BCUT2D eigenvalue weighted by Crippen LogP contribution is 2.15. The SMILES string of the molecule is CCC(O)CNc1cnn(CCO)c(=O)c1Cl. The average Bonchev–Trinajstić information content (AvgIpc) is 2.34. The van der Waals surface area contributed by atoms with E-state index in [9.17, 15) is 9.90 Å². The normalized spacial score (nSPS) is 12.5. The Labute approximate surface area is 104 Å². The highest BCUT2D eigenvalue weighted by Gasteiger charge is 2.09. The van der Waals surface area contributed by atoms with Crippen LogP contribution in [-0.4, -0.2) is 39.2 Å². The molecule has 0 radical (unpaired) electrons. The highest BCUT2D eigenvalue weighted by molar-refractivity contribution is 6.32. The molecule has 3 N–H and O–H groups in total. The quantitative estimate of drug-likeness (QED) is 0.675. The number of nitrogens with zero attached hydrogens (tertiary/aromatic N) is 2. The molecule has 7 heteroatoms. The predicted molar refractivity (Wildman–Crippen MR) is 65.4 cm³/mol. The molecule has 0 amide bonds. The molecule has 0 aliphatic heterocycles. The minimum Gasteiger partial charge on any atom is -0.394 e. The minimum absolute atomic E-state index is 0.0109. The van der Waals surface area contributed by atoms with Gasteiger partial charge in [-0.3, -0.25) is 4.79 Å². The van der Waals surface area contributed by atoms with Crippen LogP contribution >= 0.6 is 11.6 Å². The molecule has 0 saturated carbocycles. The van der Waals surface area contributed by atoms with E-state index in [1.54, 1.807) is 0 Å². The van der Waals surface area contributed by atoms with Crippen LogP contribution in [0.15, 0.2) is 11.0 Å². The van der Waals surface area contributed by atoms with Crippen LogP contribution < -0.4 is 10.9 Å². The van der Waals surface area contributed by atoms with Gasteiger partial charge in [0.1, 0.15) is 5.02 Å². The summed E-state index contributed by atoms with van der Waals surface area (Å²) in [5.74, 6) is 0. The topological polar surface area (TPSA) is 87.4 Å². The van der Waals surface area contributed by atoms with E-state index in [2.05, 4.69) is 10.4 Å². The Kier molecular flexibility index (Phi) is 5.40. The summed E-state index contributed by atoms with van der Waals surface area (Å²) in [6.45, 7) is 2.09. The highest BCUT2D eigenvalue weighted by atomic mass is 35.5. The van der Waals surface area contributed by atoms with Gasteiger partial charge in [0.15, 0.2) is 0 Å². The number of hydrogen-bond acceptors (Lipinski definition) is 5. The molecule has 0 spiro atoms. The minimum atomic E-state index is -0.494. The van der Waals surface area contributed by atoms with Gasteiger partial charge in [0.25, 0.3) is 5.56 Å². The van der Waals surface area contributed by atoms with E-state index >= 15 is 0 Å². The van der Waals surface area contributed by atoms with E-state index in [0.717, 1.165) is 4.68 Å². The Balaban J connectivity index is 2.82. The van der Waals surface area contributed by atoms with Gasteiger partial charge in [0.05, 0.1) is 31.1 Å². The molecular weight excluding hydrogens is 246 g/mol. The fourth-order valence-corrected chi connectivity index (χ4v) is 1.43. The van der Waals surface area contributed by atoms with Crippen molar-refractivity contribution in [1.82, 2.24) is 9.78 Å². The zero-order valence-electron chi connectivity index (χ0n) is 9.56. The van der Waals surface area contributed by atoms with Crippen LogP contribution in [0.3, 0.4) is 0 Å². The monoisotopic (exact) mass is 261 g/mol. The van der Waals surface area contributed by atoms with Crippen LogP contribution in [0.2, 0.25) is 5.02 Å². The van der Waals surface area contributed by atoms with Gasteiger partial charge in [-0.05, 0) is 6.42 Å². The van der Waals surface area contributed by atoms with E-state index in [1.807, 2.05) is 6.92 Å². The van der Waals surface area contributed by atoms with Crippen molar-refractivity contribution >= 4 is 17.3 Å². The molecule has 1 aromatic rings. The Morgan fingerprint density at radius 1 is 1.65 bits per heavy atom. The van der Waals surface area contributed by atoms with Crippen LogP contribution in [0.1, 0.15) is 13.3 Å². The van der Waals surface area contributed by atoms with Crippen molar-refractivity contribution in [3.05, 3.63) is 21.6 Å². The molecule has 6 nitrogen and oxygen atoms in total. The van der Waals surface area contributed by atoms with Crippen LogP contribution in [0.5, 0.6) is 0 Å². The van der Waals surface area contributed by atoms with Gasteiger partial charge in [0, 0.05) is 6.54 Å². The second kappa shape index (κ2) is 6.58. The lowest BCUT2D eigenvalue weighted by atomic mass is 10.3. The van der Waals surface area contributed by atoms with Gasteiger partial charge >= 0.3 is 0 Å². The van der Waals surface area contributed by atoms with Crippen molar-refractivity contribution in [3.8, 4) is 0 Å². The molecule has 0 aromatic carbocycles. The molecule has 17 heavy (non-hydrogen) atoms. The second-order valence-electron chi connectivity index (χ2n) is 3.57. The summed E-state index contributed by atoms with van der Waals surface area (Å²) < 4.78 is 1.09. The molecule has 1 rings (SSSR count). The number of aliphatic hydroxyl groups is 2. The summed E-state index contributed by atoms with van der Waals surface area (Å²) in [4.78, 5) is 11.6. The first kappa shape index (κ1) is 14.0. The maximum atomic E-state index is 11.6. The van der Waals surface area contributed by atoms with Crippen molar-refractivity contribution in [2.45, 2.75) is 26.0 Å². The lowest BCUT2D eigenvalue weighted by Crippen LogP contribution is -2.27. The molecule has 0 aliphatic carbocycles. The van der Waals surface area contributed by atoms with Crippen molar-refractivity contribution in [1.29, 1.82) is 0 Å². The summed E-state index contributed by atoms with van der Waals surface area (Å²) in [7, 11) is 0. The van der Waals surface area contributed by atoms with E-state index in [-0.39, 0.29) is 18.2 Å². The van der Waals surface area contributed by atoms with Crippen LogP contribution in [0.25, 0.3) is 0 Å². The summed E-state index contributed by atoms with van der Waals surface area (Å²) in [5.41, 5.74) is -0.0740. The largest absolute Gasteiger partial charge is 0.394 e. The van der Waals surface area contributed by atoms with Gasteiger partial charge < -0.3 is 15.5 Å². The molecule has 96 valence electrons. The first-order chi connectivity index (χ1) is 8.10. The molecule has 0 fully saturated rings. The average molecular weight is 262 g/mol. The standard InChI is InChI=1S/C10H16ClN3O3/c1-2-7(16)5-12-8-6-13-14(3-4-15)10(17)9(8)11/h6-7,12,15-16H,2-5H2,1H3. The number of anilines is 1. The Morgan fingerprint density at radius 2 is 2.35 bits per heavy atom. The predicted octanol–water partition coefficient (Wildman–Crippen LogP) is 0.0718. The third-order valence-electron chi connectivity index (χ3n) is 2.30. The van der Waals surface area contributed by atoms with Crippen molar-refractivity contribution < 1.29 is 10.2 Å². The third kappa shape index (κ3) is 3.69. The van der Waals surface area contributed by atoms with Crippen molar-refractivity contribution in [2.75, 3.05) is 18.5 Å². The Morgan fingerprint density at radius 3 is 2.94 bits per heavy atom. The maximum Gasteiger partial charge on any atom is 0.287 e. The molecule has 1 aromatic heterocycles. The summed E-state index contributed by atoms with van der Waals surface area (Å²) >= 11 is 5.86. The number of halogens is 1. The molecular formula is C10H16ClN3O3. The third-order valence-corrected chi connectivity index (χ3v) is 2.66. The molecule has 1 atom stereocenters. The number of hydrogen-bond donors (Lipinski definition) is 3. The van der Waals surface area contributed by atoms with Gasteiger partial charge in [-0.25, -0.2) is 4.68 Å². The fraction of sp³-hybridized carbons (Fsp3) is 0.600. The lowest BCUT2D eigenvalue weighted by molar-refractivity contribution is 0.183. The first-order valence-electron chi connectivity index (χ1n) is 5.38. The van der Waals surface area contributed by atoms with Gasteiger partial charge in [-0.1, -0.05) is 18.5 Å². The summed E-state index contributed by atoms with van der Waals surface area (Å²) in [6, 6.07) is 0. The Hall–Kier alpha value is -1.11. The van der Waals surface area contributed by atoms with Gasteiger partial charge in [-0.2, -0.15) is 5.10 Å². The molecule has 0 bridgehead atoms.